The molecule has 0 unspecified atom stereocenters. The molecule has 0 heterocycles. The molecule has 0 radical (unpaired) electrons. The minimum absolute atomic E-state index is 0.150. The van der Waals surface area contributed by atoms with E-state index in [0.717, 1.165) is 11.3 Å². The number of anilines is 2. The molecule has 0 spiro atoms. The van der Waals surface area contributed by atoms with Crippen molar-refractivity contribution in [2.75, 3.05) is 11.1 Å². The highest BCUT2D eigenvalue weighted by Gasteiger charge is 2.17. The van der Waals surface area contributed by atoms with Crippen molar-refractivity contribution in [1.29, 1.82) is 0 Å². The molecule has 21 heavy (non-hydrogen) atoms. The van der Waals surface area contributed by atoms with E-state index in [4.69, 9.17) is 11.6 Å². The second-order valence-electron chi connectivity index (χ2n) is 4.77. The van der Waals surface area contributed by atoms with Gasteiger partial charge in [0, 0.05) is 11.6 Å². The van der Waals surface area contributed by atoms with Crippen LogP contribution in [0.2, 0.25) is 0 Å². The minimum Gasteiger partial charge on any atom is -0.354 e. The van der Waals surface area contributed by atoms with Gasteiger partial charge in [0.25, 0.3) is 0 Å². The zero-order valence-corrected chi connectivity index (χ0v) is 13.4. The van der Waals surface area contributed by atoms with E-state index in [-0.39, 0.29) is 5.75 Å². The van der Waals surface area contributed by atoms with Crippen molar-refractivity contribution in [3.63, 3.8) is 0 Å². The summed E-state index contributed by atoms with van der Waals surface area (Å²) in [6, 6.07) is 14.6. The first kappa shape index (κ1) is 15.9. The number of alkyl halides is 1. The van der Waals surface area contributed by atoms with E-state index >= 15 is 0 Å². The Hall–Kier alpha value is -1.52. The molecule has 0 saturated carbocycles. The summed E-state index contributed by atoms with van der Waals surface area (Å²) in [5.41, 5.74) is 2.46. The predicted octanol–water partition coefficient (Wildman–Crippen LogP) is 4.35. The second kappa shape index (κ2) is 6.96. The predicted molar refractivity (Wildman–Crippen MR) is 88.1 cm³/mol. The van der Waals surface area contributed by atoms with Crippen LogP contribution < -0.4 is 5.32 Å². The third kappa shape index (κ3) is 3.99. The first-order valence-electron chi connectivity index (χ1n) is 6.80. The standard InChI is InChI=1S/C16H18ClNO2S/c1-2-11-21(19,20)16-6-4-3-5-15(16)18-14-9-7-13(12-17)8-10-14/h3-10,18H,2,11-12H2,1H3. The van der Waals surface area contributed by atoms with Gasteiger partial charge in [-0.15, -0.1) is 11.6 Å². The molecule has 1 N–H and O–H groups in total. The monoisotopic (exact) mass is 323 g/mol. The van der Waals surface area contributed by atoms with Crippen molar-refractivity contribution < 1.29 is 8.42 Å². The first-order chi connectivity index (χ1) is 10.1. The summed E-state index contributed by atoms with van der Waals surface area (Å²) in [6.07, 6.45) is 0.598. The van der Waals surface area contributed by atoms with E-state index in [1.54, 1.807) is 18.2 Å². The topological polar surface area (TPSA) is 46.2 Å². The summed E-state index contributed by atoms with van der Waals surface area (Å²) >= 11 is 5.76. The summed E-state index contributed by atoms with van der Waals surface area (Å²) in [5.74, 6) is 0.610. The van der Waals surface area contributed by atoms with Gasteiger partial charge in [0.05, 0.1) is 16.3 Å². The number of sulfone groups is 1. The zero-order chi connectivity index (χ0) is 15.3. The maximum Gasteiger partial charge on any atom is 0.180 e. The lowest BCUT2D eigenvalue weighted by Crippen LogP contribution is -2.08. The van der Waals surface area contributed by atoms with Gasteiger partial charge < -0.3 is 5.32 Å². The van der Waals surface area contributed by atoms with Crippen LogP contribution in [0.25, 0.3) is 0 Å². The fourth-order valence-electron chi connectivity index (χ4n) is 2.05. The number of nitrogens with one attached hydrogen (secondary N) is 1. The second-order valence-corrected chi connectivity index (χ2v) is 7.12. The van der Waals surface area contributed by atoms with Crippen LogP contribution >= 0.6 is 11.6 Å². The fourth-order valence-corrected chi connectivity index (χ4v) is 3.73. The van der Waals surface area contributed by atoms with Gasteiger partial charge in [-0.1, -0.05) is 31.2 Å². The summed E-state index contributed by atoms with van der Waals surface area (Å²) in [7, 11) is -3.26. The quantitative estimate of drug-likeness (QED) is 0.804. The molecule has 0 aliphatic carbocycles. The van der Waals surface area contributed by atoms with Gasteiger partial charge in [0.15, 0.2) is 9.84 Å². The summed E-state index contributed by atoms with van der Waals surface area (Å²) in [5, 5.41) is 3.17. The Morgan fingerprint density at radius 1 is 1.05 bits per heavy atom. The molecule has 2 aromatic carbocycles. The molecular formula is C16H18ClNO2S. The molecule has 0 aliphatic rings. The van der Waals surface area contributed by atoms with Crippen molar-refractivity contribution in [3.05, 3.63) is 54.1 Å². The summed E-state index contributed by atoms with van der Waals surface area (Å²) in [4.78, 5) is 0.341. The number of para-hydroxylation sites is 1. The molecule has 0 saturated heterocycles. The van der Waals surface area contributed by atoms with Crippen molar-refractivity contribution >= 4 is 32.8 Å². The molecule has 2 aromatic rings. The smallest absolute Gasteiger partial charge is 0.180 e. The molecule has 112 valence electrons. The van der Waals surface area contributed by atoms with Crippen molar-refractivity contribution in [2.24, 2.45) is 0 Å². The molecule has 2 rings (SSSR count). The van der Waals surface area contributed by atoms with Crippen LogP contribution in [0, 0.1) is 0 Å². The molecule has 0 aromatic heterocycles. The van der Waals surface area contributed by atoms with Gasteiger partial charge in [-0.3, -0.25) is 0 Å². The SMILES string of the molecule is CCCS(=O)(=O)c1ccccc1Nc1ccc(CCl)cc1. The van der Waals surface area contributed by atoms with E-state index in [2.05, 4.69) is 5.32 Å². The average Bonchev–Trinajstić information content (AvgIpc) is 2.48. The number of rotatable bonds is 6. The van der Waals surface area contributed by atoms with E-state index in [0.29, 0.717) is 22.9 Å². The molecule has 0 atom stereocenters. The molecule has 0 aliphatic heterocycles. The average molecular weight is 324 g/mol. The van der Waals surface area contributed by atoms with E-state index < -0.39 is 9.84 Å². The maximum absolute atomic E-state index is 12.3. The lowest BCUT2D eigenvalue weighted by atomic mass is 10.2. The van der Waals surface area contributed by atoms with Crippen molar-refractivity contribution in [1.82, 2.24) is 0 Å². The molecule has 3 nitrogen and oxygen atoms in total. The summed E-state index contributed by atoms with van der Waals surface area (Å²) < 4.78 is 24.6. The third-order valence-electron chi connectivity index (χ3n) is 3.08. The van der Waals surface area contributed by atoms with E-state index in [1.807, 2.05) is 37.3 Å². The molecule has 0 amide bonds. The van der Waals surface area contributed by atoms with Crippen LogP contribution in [0.3, 0.4) is 0 Å². The fraction of sp³-hybridized carbons (Fsp3) is 0.250. The molecule has 0 bridgehead atoms. The lowest BCUT2D eigenvalue weighted by molar-refractivity contribution is 0.595. The summed E-state index contributed by atoms with van der Waals surface area (Å²) in [6.45, 7) is 1.86. The van der Waals surface area contributed by atoms with E-state index in [1.165, 1.54) is 0 Å². The Balaban J connectivity index is 2.32. The van der Waals surface area contributed by atoms with Gasteiger partial charge in [-0.05, 0) is 36.2 Å². The normalized spacial score (nSPS) is 11.3. The zero-order valence-electron chi connectivity index (χ0n) is 11.8. The van der Waals surface area contributed by atoms with Gasteiger partial charge in [-0.25, -0.2) is 8.42 Å². The molecule has 5 heteroatoms. The third-order valence-corrected chi connectivity index (χ3v) is 5.36. The number of hydrogen-bond donors (Lipinski definition) is 1. The first-order valence-corrected chi connectivity index (χ1v) is 8.99. The maximum atomic E-state index is 12.3. The largest absolute Gasteiger partial charge is 0.354 e. The highest BCUT2D eigenvalue weighted by molar-refractivity contribution is 7.91. The lowest BCUT2D eigenvalue weighted by Gasteiger charge is -2.12. The van der Waals surface area contributed by atoms with Crippen LogP contribution in [0.15, 0.2) is 53.4 Å². The van der Waals surface area contributed by atoms with Crippen LogP contribution in [0.4, 0.5) is 11.4 Å². The van der Waals surface area contributed by atoms with Crippen molar-refractivity contribution in [2.45, 2.75) is 24.1 Å². The Morgan fingerprint density at radius 2 is 1.71 bits per heavy atom. The van der Waals surface area contributed by atoms with Crippen LogP contribution in [-0.4, -0.2) is 14.2 Å². The van der Waals surface area contributed by atoms with Gasteiger partial charge in [0.2, 0.25) is 0 Å². The Morgan fingerprint density at radius 3 is 2.33 bits per heavy atom. The van der Waals surface area contributed by atoms with Crippen LogP contribution in [-0.2, 0) is 15.7 Å². The van der Waals surface area contributed by atoms with Crippen LogP contribution in [0.1, 0.15) is 18.9 Å². The van der Waals surface area contributed by atoms with Gasteiger partial charge >= 0.3 is 0 Å². The van der Waals surface area contributed by atoms with Gasteiger partial charge in [0.1, 0.15) is 0 Å². The van der Waals surface area contributed by atoms with Gasteiger partial charge in [-0.2, -0.15) is 0 Å². The van der Waals surface area contributed by atoms with Crippen LogP contribution in [0.5, 0.6) is 0 Å². The highest BCUT2D eigenvalue weighted by atomic mass is 35.5. The Kier molecular flexibility index (Phi) is 5.26. The minimum atomic E-state index is -3.26. The highest BCUT2D eigenvalue weighted by Crippen LogP contribution is 2.26. The number of halogens is 1. The Bertz CT molecular complexity index is 696. The number of benzene rings is 2. The molecule has 0 fully saturated rings. The Labute approximate surface area is 130 Å². The van der Waals surface area contributed by atoms with E-state index in [9.17, 15) is 8.42 Å². The number of hydrogen-bond acceptors (Lipinski definition) is 3. The van der Waals surface area contributed by atoms with Crippen molar-refractivity contribution in [3.8, 4) is 0 Å². The molecular weight excluding hydrogens is 306 g/mol.